The van der Waals surface area contributed by atoms with E-state index in [1.54, 1.807) is 6.20 Å². The van der Waals surface area contributed by atoms with Gasteiger partial charge in [0.25, 0.3) is 0 Å². The molecule has 0 saturated carbocycles. The molecule has 0 radical (unpaired) electrons. The van der Waals surface area contributed by atoms with Crippen LogP contribution in [0.3, 0.4) is 0 Å². The molecule has 0 unspecified atom stereocenters. The van der Waals surface area contributed by atoms with Crippen LogP contribution < -0.4 is 4.72 Å². The zero-order valence-electron chi connectivity index (χ0n) is 3.81. The van der Waals surface area contributed by atoms with Crippen molar-refractivity contribution >= 4 is 12.8 Å². The highest BCUT2D eigenvalue weighted by Gasteiger charge is 1.57. The lowest BCUT2D eigenvalue weighted by atomic mass is 10.5. The van der Waals surface area contributed by atoms with Crippen molar-refractivity contribution in [2.75, 3.05) is 0 Å². The Balaban J connectivity index is 2.73. The van der Waals surface area contributed by atoms with E-state index in [1.165, 1.54) is 0 Å². The van der Waals surface area contributed by atoms with E-state index < -0.39 is 0 Å². The largest absolute Gasteiger partial charge is 0.339 e. The summed E-state index contributed by atoms with van der Waals surface area (Å²) in [6.45, 7) is 2.07. The minimum absolute atomic E-state index is 1.06. The van der Waals surface area contributed by atoms with Gasteiger partial charge in [-0.15, -0.1) is 0 Å². The van der Waals surface area contributed by atoms with Crippen molar-refractivity contribution in [2.24, 2.45) is 0 Å². The Morgan fingerprint density at radius 2 is 2.50 bits per heavy atom. The van der Waals surface area contributed by atoms with Crippen LogP contribution in [0.15, 0.2) is 12.3 Å². The predicted octanol–water partition coefficient (Wildman–Crippen LogP) is 1.34. The molecule has 0 fully saturated rings. The SMILES string of the molecule is CC/C=C/NS. The summed E-state index contributed by atoms with van der Waals surface area (Å²) in [7, 11) is 0. The summed E-state index contributed by atoms with van der Waals surface area (Å²) < 4.78 is 2.58. The fourth-order valence-corrected chi connectivity index (χ4v) is 0.276. The van der Waals surface area contributed by atoms with Crippen LogP contribution in [0.1, 0.15) is 13.3 Å². The van der Waals surface area contributed by atoms with Crippen molar-refractivity contribution in [2.45, 2.75) is 13.3 Å². The van der Waals surface area contributed by atoms with Gasteiger partial charge in [-0.3, -0.25) is 0 Å². The van der Waals surface area contributed by atoms with Crippen LogP contribution in [-0.2, 0) is 0 Å². The van der Waals surface area contributed by atoms with Gasteiger partial charge in [0.1, 0.15) is 0 Å². The van der Waals surface area contributed by atoms with Gasteiger partial charge >= 0.3 is 0 Å². The fourth-order valence-electron chi connectivity index (χ4n) is 0.171. The molecule has 1 nitrogen and oxygen atoms in total. The molecule has 0 aliphatic carbocycles. The first-order valence-corrected chi connectivity index (χ1v) is 2.41. The van der Waals surface area contributed by atoms with Crippen LogP contribution in [0.2, 0.25) is 0 Å². The minimum atomic E-state index is 1.06. The second-order valence-electron chi connectivity index (χ2n) is 0.940. The Labute approximate surface area is 44.0 Å². The van der Waals surface area contributed by atoms with Crippen molar-refractivity contribution in [3.05, 3.63) is 12.3 Å². The monoisotopic (exact) mass is 103 g/mol. The van der Waals surface area contributed by atoms with Crippen molar-refractivity contribution in [1.29, 1.82) is 0 Å². The Kier molecular flexibility index (Phi) is 4.80. The molecule has 0 aliphatic rings. The van der Waals surface area contributed by atoms with Gasteiger partial charge in [-0.1, -0.05) is 25.8 Å². The lowest BCUT2D eigenvalue weighted by Crippen LogP contribution is -1.78. The molecule has 2 heteroatoms. The van der Waals surface area contributed by atoms with Crippen LogP contribution in [0.5, 0.6) is 0 Å². The number of hydrogen-bond acceptors (Lipinski definition) is 2. The van der Waals surface area contributed by atoms with Crippen LogP contribution in [-0.4, -0.2) is 0 Å². The van der Waals surface area contributed by atoms with E-state index in [-0.39, 0.29) is 0 Å². The van der Waals surface area contributed by atoms with Crippen molar-refractivity contribution in [3.8, 4) is 0 Å². The van der Waals surface area contributed by atoms with Gasteiger partial charge in [0, 0.05) is 6.20 Å². The normalized spacial score (nSPS) is 9.67. The van der Waals surface area contributed by atoms with Crippen molar-refractivity contribution < 1.29 is 0 Å². The van der Waals surface area contributed by atoms with Crippen molar-refractivity contribution in [3.63, 3.8) is 0 Å². The van der Waals surface area contributed by atoms with E-state index in [9.17, 15) is 0 Å². The highest BCUT2D eigenvalue weighted by molar-refractivity contribution is 7.78. The Morgan fingerprint density at radius 3 is 2.67 bits per heavy atom. The number of nitrogens with one attached hydrogen (secondary N) is 1. The first-order valence-electron chi connectivity index (χ1n) is 1.96. The van der Waals surface area contributed by atoms with Gasteiger partial charge in [0.2, 0.25) is 0 Å². The maximum absolute atomic E-state index is 3.72. The van der Waals surface area contributed by atoms with Crippen molar-refractivity contribution in [1.82, 2.24) is 4.72 Å². The molecule has 36 valence electrons. The number of allylic oxidation sites excluding steroid dienone is 1. The molecule has 0 aliphatic heterocycles. The molecular formula is C4H9NS. The lowest BCUT2D eigenvalue weighted by Gasteiger charge is -1.77. The molecule has 0 spiro atoms. The van der Waals surface area contributed by atoms with Gasteiger partial charge < -0.3 is 4.72 Å². The summed E-state index contributed by atoms with van der Waals surface area (Å²) in [6, 6.07) is 0. The Bertz CT molecular complexity index is 36.8. The third-order valence-corrected chi connectivity index (χ3v) is 0.577. The molecule has 0 atom stereocenters. The first kappa shape index (κ1) is 5.89. The molecule has 0 heterocycles. The fraction of sp³-hybridized carbons (Fsp3) is 0.500. The Morgan fingerprint density at radius 1 is 1.83 bits per heavy atom. The first-order chi connectivity index (χ1) is 2.91. The van der Waals surface area contributed by atoms with E-state index in [0.717, 1.165) is 6.42 Å². The summed E-state index contributed by atoms with van der Waals surface area (Å²) in [5, 5.41) is 0. The van der Waals surface area contributed by atoms with Gasteiger partial charge in [-0.25, -0.2) is 0 Å². The molecule has 0 bridgehead atoms. The molecule has 0 amide bonds. The van der Waals surface area contributed by atoms with Gasteiger partial charge in [-0.05, 0) is 6.42 Å². The van der Waals surface area contributed by atoms with E-state index in [2.05, 4.69) is 24.5 Å². The van der Waals surface area contributed by atoms with Gasteiger partial charge in [0.15, 0.2) is 0 Å². The summed E-state index contributed by atoms with van der Waals surface area (Å²) in [5.74, 6) is 0. The summed E-state index contributed by atoms with van der Waals surface area (Å²) in [6.07, 6.45) is 4.85. The van der Waals surface area contributed by atoms with E-state index in [1.807, 2.05) is 6.08 Å². The number of rotatable bonds is 2. The molecule has 1 N–H and O–H groups in total. The zero-order chi connectivity index (χ0) is 4.83. The maximum Gasteiger partial charge on any atom is 0.00298 e. The molecule has 0 aromatic heterocycles. The summed E-state index contributed by atoms with van der Waals surface area (Å²) in [5.41, 5.74) is 0. The van der Waals surface area contributed by atoms with E-state index in [0.29, 0.717) is 0 Å². The van der Waals surface area contributed by atoms with E-state index in [4.69, 9.17) is 0 Å². The third-order valence-electron chi connectivity index (χ3n) is 0.428. The quantitative estimate of drug-likeness (QED) is 0.503. The summed E-state index contributed by atoms with van der Waals surface area (Å²) >= 11 is 3.72. The second-order valence-corrected chi connectivity index (χ2v) is 1.20. The molecule has 0 saturated heterocycles. The van der Waals surface area contributed by atoms with E-state index >= 15 is 0 Å². The second kappa shape index (κ2) is 4.89. The molecule has 0 aromatic carbocycles. The van der Waals surface area contributed by atoms with Gasteiger partial charge in [0.05, 0.1) is 0 Å². The minimum Gasteiger partial charge on any atom is -0.339 e. The van der Waals surface area contributed by atoms with Crippen LogP contribution in [0.25, 0.3) is 0 Å². The summed E-state index contributed by atoms with van der Waals surface area (Å²) in [4.78, 5) is 0. The van der Waals surface area contributed by atoms with Crippen LogP contribution >= 0.6 is 12.8 Å². The molecule has 0 aromatic rings. The molecule has 0 rings (SSSR count). The maximum atomic E-state index is 3.72. The highest BCUT2D eigenvalue weighted by atomic mass is 32.1. The standard InChI is InChI=1S/C4H9NS/c1-2-3-4-5-6/h3-6H,2H2,1H3/b4-3+. The molecular weight excluding hydrogens is 94.1 g/mol. The zero-order valence-corrected chi connectivity index (χ0v) is 4.70. The van der Waals surface area contributed by atoms with Crippen LogP contribution in [0, 0.1) is 0 Å². The number of thiol groups is 1. The smallest absolute Gasteiger partial charge is 0.00298 e. The Hall–Kier alpha value is -0.110. The predicted molar refractivity (Wildman–Crippen MR) is 31.6 cm³/mol. The third kappa shape index (κ3) is 3.89. The highest BCUT2D eigenvalue weighted by Crippen LogP contribution is 1.74. The average molecular weight is 103 g/mol. The average Bonchev–Trinajstić information content (AvgIpc) is 1.61. The number of hydrogen-bond donors (Lipinski definition) is 2. The molecule has 6 heavy (non-hydrogen) atoms. The van der Waals surface area contributed by atoms with Crippen LogP contribution in [0.4, 0.5) is 0 Å². The van der Waals surface area contributed by atoms with Gasteiger partial charge in [-0.2, -0.15) is 0 Å². The topological polar surface area (TPSA) is 12.0 Å². The lowest BCUT2D eigenvalue weighted by molar-refractivity contribution is 1.20.